The topological polar surface area (TPSA) is 3.24 Å². The van der Waals surface area contributed by atoms with Crippen LogP contribution in [0.25, 0.3) is 11.1 Å². The van der Waals surface area contributed by atoms with Crippen molar-refractivity contribution in [1.29, 1.82) is 0 Å². The summed E-state index contributed by atoms with van der Waals surface area (Å²) in [5.41, 5.74) is 5.93. The highest BCUT2D eigenvalue weighted by Gasteiger charge is 2.34. The van der Waals surface area contributed by atoms with Gasteiger partial charge in [-0.05, 0) is 54.1 Å². The fourth-order valence-electron chi connectivity index (χ4n) is 4.88. The molecule has 1 heterocycles. The summed E-state index contributed by atoms with van der Waals surface area (Å²) in [5.74, 6) is 0.958. The van der Waals surface area contributed by atoms with Crippen LogP contribution in [0.2, 0.25) is 0 Å². The Morgan fingerprint density at radius 3 is 2.00 bits per heavy atom. The summed E-state index contributed by atoms with van der Waals surface area (Å²) in [4.78, 5) is 2.74. The number of fused-ring (bicyclic) bond motifs is 3. The molecule has 0 aromatic heterocycles. The second-order valence-corrected chi connectivity index (χ2v) is 7.91. The highest BCUT2D eigenvalue weighted by molar-refractivity contribution is 5.78. The number of likely N-dealkylation sites (tertiary alicyclic amines) is 1. The maximum absolute atomic E-state index is 2.74. The molecule has 0 atom stereocenters. The van der Waals surface area contributed by atoms with Gasteiger partial charge in [-0.2, -0.15) is 0 Å². The van der Waals surface area contributed by atoms with Crippen molar-refractivity contribution in [3.05, 3.63) is 59.7 Å². The van der Waals surface area contributed by atoms with Gasteiger partial charge in [0.25, 0.3) is 0 Å². The van der Waals surface area contributed by atoms with Crippen molar-refractivity contribution in [3.8, 4) is 11.1 Å². The van der Waals surface area contributed by atoms with Crippen LogP contribution in [0.1, 0.15) is 69.0 Å². The molecule has 4 rings (SSSR count). The van der Waals surface area contributed by atoms with E-state index in [1.807, 2.05) is 0 Å². The lowest BCUT2D eigenvalue weighted by molar-refractivity contribution is 0.147. The lowest BCUT2D eigenvalue weighted by Gasteiger charge is -2.37. The zero-order chi connectivity index (χ0) is 17.1. The minimum Gasteiger partial charge on any atom is -0.292 e. The van der Waals surface area contributed by atoms with Crippen molar-refractivity contribution >= 4 is 0 Å². The van der Waals surface area contributed by atoms with Gasteiger partial charge in [0.1, 0.15) is 0 Å². The highest BCUT2D eigenvalue weighted by Crippen LogP contribution is 2.47. The molecule has 1 fully saturated rings. The van der Waals surface area contributed by atoms with Gasteiger partial charge in [0.05, 0.1) is 6.04 Å². The molecule has 0 bridgehead atoms. The molecular formula is C24H31N. The molecular weight excluding hydrogens is 302 g/mol. The Morgan fingerprint density at radius 2 is 1.40 bits per heavy atom. The van der Waals surface area contributed by atoms with Gasteiger partial charge in [0.15, 0.2) is 0 Å². The predicted octanol–water partition coefficient (Wildman–Crippen LogP) is 6.44. The van der Waals surface area contributed by atoms with Crippen molar-refractivity contribution in [1.82, 2.24) is 4.90 Å². The zero-order valence-electron chi connectivity index (χ0n) is 15.6. The first-order valence-corrected chi connectivity index (χ1v) is 10.3. The Bertz CT molecular complexity index is 651. The summed E-state index contributed by atoms with van der Waals surface area (Å²) in [7, 11) is 0. The van der Waals surface area contributed by atoms with E-state index in [-0.39, 0.29) is 0 Å². The molecule has 1 aliphatic heterocycles. The molecule has 0 saturated carbocycles. The monoisotopic (exact) mass is 333 g/mol. The van der Waals surface area contributed by atoms with Crippen LogP contribution < -0.4 is 0 Å². The predicted molar refractivity (Wildman–Crippen MR) is 107 cm³/mol. The Hall–Kier alpha value is -1.60. The molecule has 0 N–H and O–H groups in total. The smallest absolute Gasteiger partial charge is 0.0614 e. The highest BCUT2D eigenvalue weighted by atomic mass is 15.2. The Kier molecular flexibility index (Phi) is 5.22. The molecule has 1 aliphatic carbocycles. The summed E-state index contributed by atoms with van der Waals surface area (Å²) >= 11 is 0. The number of nitrogens with zero attached hydrogens (tertiary/aromatic N) is 1. The average molecular weight is 334 g/mol. The number of unbranched alkanes of at least 4 members (excludes halogenated alkanes) is 3. The third kappa shape index (κ3) is 3.40. The Labute approximate surface area is 153 Å². The lowest BCUT2D eigenvalue weighted by Crippen LogP contribution is -2.36. The summed E-state index contributed by atoms with van der Waals surface area (Å²) in [5, 5.41) is 0. The van der Waals surface area contributed by atoms with E-state index in [0.717, 1.165) is 5.92 Å². The summed E-state index contributed by atoms with van der Waals surface area (Å²) < 4.78 is 0. The minimum atomic E-state index is 0.480. The van der Waals surface area contributed by atoms with Crippen LogP contribution >= 0.6 is 0 Å². The molecule has 2 aromatic carbocycles. The molecule has 25 heavy (non-hydrogen) atoms. The molecule has 0 unspecified atom stereocenters. The van der Waals surface area contributed by atoms with E-state index >= 15 is 0 Å². The Balaban J connectivity index is 1.45. The fraction of sp³-hybridized carbons (Fsp3) is 0.500. The van der Waals surface area contributed by atoms with E-state index in [0.29, 0.717) is 6.04 Å². The van der Waals surface area contributed by atoms with Gasteiger partial charge >= 0.3 is 0 Å². The van der Waals surface area contributed by atoms with Crippen LogP contribution in [0.5, 0.6) is 0 Å². The van der Waals surface area contributed by atoms with E-state index in [9.17, 15) is 0 Å². The van der Waals surface area contributed by atoms with Gasteiger partial charge in [-0.1, -0.05) is 87.6 Å². The van der Waals surface area contributed by atoms with Gasteiger partial charge in [0, 0.05) is 0 Å². The molecule has 2 aromatic rings. The summed E-state index contributed by atoms with van der Waals surface area (Å²) in [6.07, 6.45) is 9.84. The number of rotatable bonds is 6. The van der Waals surface area contributed by atoms with Gasteiger partial charge in [-0.25, -0.2) is 0 Å². The molecule has 1 nitrogen and oxygen atoms in total. The third-order valence-electron chi connectivity index (χ3n) is 6.28. The number of benzene rings is 2. The molecule has 0 amide bonds. The molecule has 1 saturated heterocycles. The van der Waals surface area contributed by atoms with Crippen LogP contribution in [-0.2, 0) is 0 Å². The molecule has 0 radical (unpaired) electrons. The molecule has 1 heteroatoms. The van der Waals surface area contributed by atoms with Gasteiger partial charge in [-0.15, -0.1) is 0 Å². The van der Waals surface area contributed by atoms with Crippen LogP contribution in [-0.4, -0.2) is 18.0 Å². The van der Waals surface area contributed by atoms with Crippen molar-refractivity contribution < 1.29 is 0 Å². The largest absolute Gasteiger partial charge is 0.292 e. The standard InChI is InChI=1S/C24H31N/c1-2-3-4-5-10-19-15-17-25(18-16-19)24-22-13-8-6-11-20(22)21-12-7-9-14-23(21)24/h6-9,11-14,19,24H,2-5,10,15-18H2,1H3. The van der Waals surface area contributed by atoms with E-state index in [2.05, 4.69) is 60.4 Å². The fourth-order valence-corrected chi connectivity index (χ4v) is 4.88. The third-order valence-corrected chi connectivity index (χ3v) is 6.28. The molecule has 0 spiro atoms. The van der Waals surface area contributed by atoms with Crippen LogP contribution in [0.15, 0.2) is 48.5 Å². The van der Waals surface area contributed by atoms with Crippen molar-refractivity contribution in [2.75, 3.05) is 13.1 Å². The average Bonchev–Trinajstić information content (AvgIpc) is 3.00. The van der Waals surface area contributed by atoms with Crippen molar-refractivity contribution in [2.45, 2.75) is 57.9 Å². The number of hydrogen-bond acceptors (Lipinski definition) is 1. The van der Waals surface area contributed by atoms with Crippen molar-refractivity contribution in [3.63, 3.8) is 0 Å². The van der Waals surface area contributed by atoms with E-state index in [1.165, 1.54) is 80.3 Å². The van der Waals surface area contributed by atoms with Gasteiger partial charge in [0.2, 0.25) is 0 Å². The van der Waals surface area contributed by atoms with Crippen LogP contribution in [0.4, 0.5) is 0 Å². The first-order chi connectivity index (χ1) is 12.4. The van der Waals surface area contributed by atoms with E-state index in [4.69, 9.17) is 0 Å². The van der Waals surface area contributed by atoms with Crippen molar-refractivity contribution in [2.24, 2.45) is 5.92 Å². The zero-order valence-corrected chi connectivity index (χ0v) is 15.6. The first kappa shape index (κ1) is 16.8. The summed E-state index contributed by atoms with van der Waals surface area (Å²) in [6.45, 7) is 4.81. The second kappa shape index (κ2) is 7.74. The SMILES string of the molecule is CCCCCCC1CCN(C2c3ccccc3-c3ccccc32)CC1. The molecule has 132 valence electrons. The number of hydrogen-bond donors (Lipinski definition) is 0. The maximum atomic E-state index is 2.74. The number of piperidine rings is 1. The van der Waals surface area contributed by atoms with Gasteiger partial charge < -0.3 is 0 Å². The summed E-state index contributed by atoms with van der Waals surface area (Å²) in [6, 6.07) is 18.5. The van der Waals surface area contributed by atoms with Crippen LogP contribution in [0.3, 0.4) is 0 Å². The van der Waals surface area contributed by atoms with Crippen LogP contribution in [0, 0.1) is 5.92 Å². The van der Waals surface area contributed by atoms with Gasteiger partial charge in [-0.3, -0.25) is 4.90 Å². The lowest BCUT2D eigenvalue weighted by atomic mass is 9.89. The van der Waals surface area contributed by atoms with E-state index < -0.39 is 0 Å². The first-order valence-electron chi connectivity index (χ1n) is 10.3. The molecule has 2 aliphatic rings. The van der Waals surface area contributed by atoms with E-state index in [1.54, 1.807) is 0 Å². The maximum Gasteiger partial charge on any atom is 0.0614 e. The quantitative estimate of drug-likeness (QED) is 0.550. The Morgan fingerprint density at radius 1 is 0.800 bits per heavy atom. The normalized spacial score (nSPS) is 18.3. The second-order valence-electron chi connectivity index (χ2n) is 7.91. The minimum absolute atomic E-state index is 0.480.